The Labute approximate surface area is 88.7 Å². The molecule has 0 saturated carbocycles. The first-order valence-electron chi connectivity index (χ1n) is 3.93. The van der Waals surface area contributed by atoms with Crippen LogP contribution in [0.4, 0.5) is 5.69 Å². The first-order valence-corrected chi connectivity index (χ1v) is 4.31. The van der Waals surface area contributed by atoms with Crippen molar-refractivity contribution < 1.29 is 19.5 Å². The molecule has 0 spiro atoms. The van der Waals surface area contributed by atoms with Crippen molar-refractivity contribution >= 4 is 34.9 Å². The molecule has 1 aliphatic rings. The van der Waals surface area contributed by atoms with E-state index in [4.69, 9.17) is 16.7 Å². The van der Waals surface area contributed by atoms with Gasteiger partial charge in [-0.05, 0) is 12.1 Å². The highest BCUT2D eigenvalue weighted by atomic mass is 35.5. The Kier molecular flexibility index (Phi) is 1.97. The largest absolute Gasteiger partial charge is 0.478 e. The van der Waals surface area contributed by atoms with Crippen molar-refractivity contribution in [3.8, 4) is 0 Å². The molecule has 6 heteroatoms. The molecule has 0 saturated heterocycles. The summed E-state index contributed by atoms with van der Waals surface area (Å²) in [4.78, 5) is 32.9. The highest BCUT2D eigenvalue weighted by Crippen LogP contribution is 2.29. The number of fused-ring (bicyclic) bond motifs is 1. The Morgan fingerprint density at radius 1 is 1.33 bits per heavy atom. The zero-order valence-corrected chi connectivity index (χ0v) is 7.96. The second kappa shape index (κ2) is 3.06. The molecule has 0 atom stereocenters. The lowest BCUT2D eigenvalue weighted by Crippen LogP contribution is -2.12. The summed E-state index contributed by atoms with van der Waals surface area (Å²) in [6, 6.07) is 2.35. The molecule has 1 aromatic carbocycles. The van der Waals surface area contributed by atoms with Gasteiger partial charge in [-0.1, -0.05) is 11.6 Å². The van der Waals surface area contributed by atoms with Crippen LogP contribution < -0.4 is 5.32 Å². The van der Waals surface area contributed by atoms with Gasteiger partial charge < -0.3 is 10.4 Å². The minimum atomic E-state index is -1.24. The Morgan fingerprint density at radius 3 is 2.60 bits per heavy atom. The van der Waals surface area contributed by atoms with E-state index < -0.39 is 17.7 Å². The van der Waals surface area contributed by atoms with Crippen LogP contribution in [0, 0.1) is 0 Å². The summed E-state index contributed by atoms with van der Waals surface area (Å²) in [6.45, 7) is 0. The minimum absolute atomic E-state index is 0.0174. The number of hydrogen-bond acceptors (Lipinski definition) is 3. The molecule has 15 heavy (non-hydrogen) atoms. The Morgan fingerprint density at radius 2 is 2.00 bits per heavy atom. The molecular weight excluding hydrogens is 222 g/mol. The average molecular weight is 226 g/mol. The van der Waals surface area contributed by atoms with Gasteiger partial charge in [0.05, 0.1) is 21.8 Å². The average Bonchev–Trinajstić information content (AvgIpc) is 2.41. The lowest BCUT2D eigenvalue weighted by Gasteiger charge is -2.01. The summed E-state index contributed by atoms with van der Waals surface area (Å²) >= 11 is 5.65. The molecule has 76 valence electrons. The number of anilines is 1. The predicted octanol–water partition coefficient (Wildman–Crippen LogP) is 1.17. The van der Waals surface area contributed by atoms with Gasteiger partial charge in [-0.25, -0.2) is 4.79 Å². The van der Waals surface area contributed by atoms with Crippen LogP contribution >= 0.6 is 11.6 Å². The van der Waals surface area contributed by atoms with Gasteiger partial charge in [-0.2, -0.15) is 0 Å². The third kappa shape index (κ3) is 1.37. The van der Waals surface area contributed by atoms with E-state index in [1.165, 1.54) is 6.07 Å². The molecule has 0 fully saturated rings. The molecule has 1 amide bonds. The maximum atomic E-state index is 11.2. The highest BCUT2D eigenvalue weighted by molar-refractivity contribution is 6.52. The number of Topliss-reactive ketones (excluding diaryl/α,β-unsaturated/α-hetero) is 1. The van der Waals surface area contributed by atoms with Crippen molar-refractivity contribution in [2.45, 2.75) is 0 Å². The van der Waals surface area contributed by atoms with Gasteiger partial charge in [0.25, 0.3) is 11.7 Å². The molecule has 0 aromatic heterocycles. The molecular formula is C9H4ClNO4. The van der Waals surface area contributed by atoms with Crippen LogP contribution in [-0.2, 0) is 4.79 Å². The number of ketones is 1. The second-order valence-corrected chi connectivity index (χ2v) is 3.37. The number of carbonyl (C=O) groups is 3. The van der Waals surface area contributed by atoms with E-state index in [-0.39, 0.29) is 21.8 Å². The molecule has 2 rings (SSSR count). The van der Waals surface area contributed by atoms with Crippen molar-refractivity contribution in [3.05, 3.63) is 28.3 Å². The van der Waals surface area contributed by atoms with Gasteiger partial charge in [-0.15, -0.1) is 0 Å². The van der Waals surface area contributed by atoms with Crippen molar-refractivity contribution in [2.75, 3.05) is 5.32 Å². The fourth-order valence-electron chi connectivity index (χ4n) is 1.33. The Bertz CT molecular complexity index is 509. The van der Waals surface area contributed by atoms with E-state index in [9.17, 15) is 14.4 Å². The molecule has 0 bridgehead atoms. The zero-order valence-electron chi connectivity index (χ0n) is 7.20. The third-order valence-corrected chi connectivity index (χ3v) is 2.35. The van der Waals surface area contributed by atoms with E-state index in [1.807, 2.05) is 0 Å². The topological polar surface area (TPSA) is 83.5 Å². The maximum Gasteiger partial charge on any atom is 0.337 e. The normalized spacial score (nSPS) is 13.7. The van der Waals surface area contributed by atoms with Crippen molar-refractivity contribution in [3.63, 3.8) is 0 Å². The van der Waals surface area contributed by atoms with Crippen LogP contribution in [0.15, 0.2) is 12.1 Å². The fraction of sp³-hybridized carbons (Fsp3) is 0. The lowest BCUT2D eigenvalue weighted by molar-refractivity contribution is -0.112. The summed E-state index contributed by atoms with van der Waals surface area (Å²) in [5.74, 6) is -2.76. The van der Waals surface area contributed by atoms with Gasteiger partial charge in [0.15, 0.2) is 0 Å². The number of aromatic carboxylic acids is 1. The molecule has 0 aliphatic carbocycles. The summed E-state index contributed by atoms with van der Waals surface area (Å²) < 4.78 is 0. The molecule has 0 radical (unpaired) electrons. The number of benzene rings is 1. The molecule has 1 aromatic rings. The van der Waals surface area contributed by atoms with Crippen LogP contribution in [0.3, 0.4) is 0 Å². The van der Waals surface area contributed by atoms with E-state index in [0.717, 1.165) is 6.07 Å². The van der Waals surface area contributed by atoms with Crippen LogP contribution in [0.1, 0.15) is 20.7 Å². The first-order chi connectivity index (χ1) is 7.00. The van der Waals surface area contributed by atoms with Crippen molar-refractivity contribution in [2.24, 2.45) is 0 Å². The number of hydrogen-bond donors (Lipinski definition) is 2. The number of amides is 1. The Balaban J connectivity index is 2.65. The van der Waals surface area contributed by atoms with Crippen molar-refractivity contribution in [1.29, 1.82) is 0 Å². The zero-order chi connectivity index (χ0) is 11.2. The first kappa shape index (κ1) is 9.67. The van der Waals surface area contributed by atoms with E-state index in [0.29, 0.717) is 0 Å². The second-order valence-electron chi connectivity index (χ2n) is 2.97. The number of carbonyl (C=O) groups excluding carboxylic acids is 2. The van der Waals surface area contributed by atoms with Gasteiger partial charge in [0, 0.05) is 0 Å². The van der Waals surface area contributed by atoms with Crippen LogP contribution in [-0.4, -0.2) is 22.8 Å². The quantitative estimate of drug-likeness (QED) is 0.703. The number of carboxylic acids is 1. The molecule has 1 aliphatic heterocycles. The predicted molar refractivity (Wildman–Crippen MR) is 51.4 cm³/mol. The standard InChI is InChI=1S/C9H4ClNO4/c10-5-2-6-4(1-3(5)9(14)15)7(12)8(13)11-6/h1-2H,(H,14,15)(H,11,12,13). The van der Waals surface area contributed by atoms with Crippen LogP contribution in [0.25, 0.3) is 0 Å². The lowest BCUT2D eigenvalue weighted by atomic mass is 10.1. The van der Waals surface area contributed by atoms with Gasteiger partial charge in [0.2, 0.25) is 0 Å². The molecule has 5 nitrogen and oxygen atoms in total. The van der Waals surface area contributed by atoms with Crippen LogP contribution in [0.5, 0.6) is 0 Å². The number of halogens is 1. The molecule has 1 heterocycles. The van der Waals surface area contributed by atoms with E-state index >= 15 is 0 Å². The summed E-state index contributed by atoms with van der Waals surface area (Å²) in [5, 5.41) is 11.0. The summed E-state index contributed by atoms with van der Waals surface area (Å²) in [5.41, 5.74) is 0.0991. The van der Waals surface area contributed by atoms with Crippen molar-refractivity contribution in [1.82, 2.24) is 0 Å². The fourth-order valence-corrected chi connectivity index (χ4v) is 1.57. The third-order valence-electron chi connectivity index (χ3n) is 2.04. The van der Waals surface area contributed by atoms with E-state index in [1.54, 1.807) is 0 Å². The number of rotatable bonds is 1. The maximum absolute atomic E-state index is 11.2. The van der Waals surface area contributed by atoms with Gasteiger partial charge in [-0.3, -0.25) is 9.59 Å². The monoisotopic (exact) mass is 225 g/mol. The van der Waals surface area contributed by atoms with E-state index in [2.05, 4.69) is 5.32 Å². The number of carboxylic acid groups (broad SMARTS) is 1. The van der Waals surface area contributed by atoms with Gasteiger partial charge in [0.1, 0.15) is 0 Å². The molecule has 2 N–H and O–H groups in total. The number of nitrogens with one attached hydrogen (secondary N) is 1. The smallest absolute Gasteiger partial charge is 0.337 e. The summed E-state index contributed by atoms with van der Waals surface area (Å²) in [6.07, 6.45) is 0. The van der Waals surface area contributed by atoms with Gasteiger partial charge >= 0.3 is 5.97 Å². The van der Waals surface area contributed by atoms with Crippen LogP contribution in [0.2, 0.25) is 5.02 Å². The highest BCUT2D eigenvalue weighted by Gasteiger charge is 2.29. The Hall–Kier alpha value is -1.88. The molecule has 0 unspecified atom stereocenters. The SMILES string of the molecule is O=C1Nc2cc(Cl)c(C(=O)O)cc2C1=O. The minimum Gasteiger partial charge on any atom is -0.478 e. The summed E-state index contributed by atoms with van der Waals surface area (Å²) in [7, 11) is 0.